The number of halogens is 2. The maximum atomic E-state index is 14.3. The van der Waals surface area contributed by atoms with Gasteiger partial charge in [-0.15, -0.1) is 0 Å². The lowest BCUT2D eigenvalue weighted by atomic mass is 9.93. The fourth-order valence-corrected chi connectivity index (χ4v) is 2.08. The van der Waals surface area contributed by atoms with Crippen molar-refractivity contribution in [2.45, 2.75) is 18.7 Å². The van der Waals surface area contributed by atoms with Gasteiger partial charge in [-0.05, 0) is 6.07 Å². The molecule has 2 aromatic heterocycles. The number of nitrogens with zero attached hydrogens (tertiary/aromatic N) is 6. The molecule has 0 aliphatic carbocycles. The van der Waals surface area contributed by atoms with Crippen molar-refractivity contribution < 1.29 is 19.4 Å². The SMILES string of the molecule is [2H]c1nc([2H])n(CC(O)(Cn2nc([2H])nc2[2H])c2ccc(F)cc2F)n1. The van der Waals surface area contributed by atoms with E-state index >= 15 is 0 Å². The molecule has 0 bridgehead atoms. The van der Waals surface area contributed by atoms with Crippen LogP contribution in [0, 0.1) is 11.6 Å². The molecule has 1 N–H and O–H groups in total. The average Bonchev–Trinajstić information content (AvgIpc) is 2.99. The minimum Gasteiger partial charge on any atom is -0.381 e. The molecule has 3 aromatic rings. The number of aromatic nitrogens is 6. The zero-order valence-electron chi connectivity index (χ0n) is 15.0. The molecule has 22 heavy (non-hydrogen) atoms. The normalized spacial score (nSPS) is 14.3. The Morgan fingerprint density at radius 3 is 2.14 bits per heavy atom. The molecule has 0 spiro atoms. The van der Waals surface area contributed by atoms with Crippen LogP contribution in [-0.4, -0.2) is 34.6 Å². The van der Waals surface area contributed by atoms with E-state index in [1.54, 1.807) is 0 Å². The van der Waals surface area contributed by atoms with Crippen LogP contribution in [0.3, 0.4) is 0 Å². The molecule has 0 aliphatic rings. The average molecular weight is 310 g/mol. The van der Waals surface area contributed by atoms with Crippen LogP contribution in [0.2, 0.25) is 0 Å². The molecule has 0 aliphatic heterocycles. The van der Waals surface area contributed by atoms with Gasteiger partial charge in [0.05, 0.1) is 13.1 Å². The summed E-state index contributed by atoms with van der Waals surface area (Å²) < 4.78 is 59.3. The monoisotopic (exact) mass is 310 g/mol. The van der Waals surface area contributed by atoms with Gasteiger partial charge in [0.25, 0.3) is 0 Å². The van der Waals surface area contributed by atoms with Gasteiger partial charge >= 0.3 is 0 Å². The van der Waals surface area contributed by atoms with E-state index in [9.17, 15) is 13.9 Å². The predicted octanol–water partition coefficient (Wildman–Crippen LogP) is 0.736. The van der Waals surface area contributed by atoms with Crippen LogP contribution in [0.1, 0.15) is 11.0 Å². The molecule has 0 atom stereocenters. The van der Waals surface area contributed by atoms with Crippen molar-refractivity contribution >= 4 is 0 Å². The summed E-state index contributed by atoms with van der Waals surface area (Å²) in [6.45, 7) is -1.04. The topological polar surface area (TPSA) is 81.6 Å². The minimum absolute atomic E-state index is 0.332. The predicted molar refractivity (Wildman–Crippen MR) is 70.3 cm³/mol. The summed E-state index contributed by atoms with van der Waals surface area (Å²) in [5.41, 5.74) is -2.47. The van der Waals surface area contributed by atoms with Crippen LogP contribution < -0.4 is 0 Å². The van der Waals surface area contributed by atoms with Gasteiger partial charge in [0.1, 0.15) is 47.9 Å². The minimum atomic E-state index is -2.14. The third kappa shape index (κ3) is 2.84. The van der Waals surface area contributed by atoms with Crippen molar-refractivity contribution in [2.24, 2.45) is 0 Å². The van der Waals surface area contributed by atoms with Crippen LogP contribution in [0.5, 0.6) is 0 Å². The van der Waals surface area contributed by atoms with Crippen molar-refractivity contribution in [3.05, 3.63) is 60.6 Å². The van der Waals surface area contributed by atoms with Crippen LogP contribution in [0.25, 0.3) is 0 Å². The Hall–Kier alpha value is -2.68. The highest BCUT2D eigenvalue weighted by Gasteiger charge is 2.34. The van der Waals surface area contributed by atoms with Gasteiger partial charge in [-0.3, -0.25) is 0 Å². The molecule has 0 radical (unpaired) electrons. The Kier molecular flexibility index (Phi) is 2.58. The van der Waals surface area contributed by atoms with Crippen LogP contribution >= 0.6 is 0 Å². The van der Waals surface area contributed by atoms with E-state index in [0.717, 1.165) is 21.5 Å². The summed E-state index contributed by atoms with van der Waals surface area (Å²) >= 11 is 0. The first-order chi connectivity index (χ1) is 12.2. The molecule has 9 heteroatoms. The largest absolute Gasteiger partial charge is 0.381 e. The van der Waals surface area contributed by atoms with Crippen molar-refractivity contribution in [3.8, 4) is 0 Å². The molecule has 3 rings (SSSR count). The van der Waals surface area contributed by atoms with Gasteiger partial charge in [-0.2, -0.15) is 10.2 Å². The van der Waals surface area contributed by atoms with Gasteiger partial charge < -0.3 is 5.11 Å². The highest BCUT2D eigenvalue weighted by molar-refractivity contribution is 5.25. The number of aliphatic hydroxyl groups is 1. The quantitative estimate of drug-likeness (QED) is 0.751. The van der Waals surface area contributed by atoms with E-state index in [1.165, 1.54) is 0 Å². The number of rotatable bonds is 5. The van der Waals surface area contributed by atoms with Crippen LogP contribution in [0.4, 0.5) is 8.78 Å². The van der Waals surface area contributed by atoms with Crippen molar-refractivity contribution in [1.29, 1.82) is 0 Å². The zero-order valence-corrected chi connectivity index (χ0v) is 11.0. The van der Waals surface area contributed by atoms with Crippen molar-refractivity contribution in [2.75, 3.05) is 0 Å². The molecule has 0 unspecified atom stereocenters. The fourth-order valence-electron chi connectivity index (χ4n) is 2.08. The van der Waals surface area contributed by atoms with E-state index in [2.05, 4.69) is 20.2 Å². The highest BCUT2D eigenvalue weighted by atomic mass is 19.1. The summed E-state index contributed by atoms with van der Waals surface area (Å²) in [6, 6.07) is 2.55. The Labute approximate surface area is 129 Å². The van der Waals surface area contributed by atoms with Crippen molar-refractivity contribution in [3.63, 3.8) is 0 Å². The molecule has 0 saturated heterocycles. The maximum absolute atomic E-state index is 14.3. The summed E-state index contributed by atoms with van der Waals surface area (Å²) in [5.74, 6) is -1.90. The first-order valence-electron chi connectivity index (χ1n) is 8.12. The summed E-state index contributed by atoms with van der Waals surface area (Å²) in [7, 11) is 0. The number of hydrogen-bond donors (Lipinski definition) is 1. The van der Waals surface area contributed by atoms with Gasteiger partial charge in [-0.25, -0.2) is 28.1 Å². The van der Waals surface area contributed by atoms with Crippen LogP contribution in [-0.2, 0) is 18.7 Å². The molecule has 0 amide bonds. The Bertz CT molecular complexity index is 914. The van der Waals surface area contributed by atoms with Gasteiger partial charge in [0, 0.05) is 11.6 Å². The smallest absolute Gasteiger partial charge is 0.137 e. The van der Waals surface area contributed by atoms with Gasteiger partial charge in [0.2, 0.25) is 0 Å². The third-order valence-electron chi connectivity index (χ3n) is 3.02. The molecule has 7 nitrogen and oxygen atoms in total. The first kappa shape index (κ1) is 10.1. The third-order valence-corrected chi connectivity index (χ3v) is 3.02. The Morgan fingerprint density at radius 1 is 1.09 bits per heavy atom. The first-order valence-corrected chi connectivity index (χ1v) is 6.12. The number of benzene rings is 1. The lowest BCUT2D eigenvalue weighted by Crippen LogP contribution is -2.37. The molecular weight excluding hydrogens is 294 g/mol. The summed E-state index contributed by atoms with van der Waals surface area (Å²) in [6.07, 6.45) is -1.82. The second-order valence-electron chi connectivity index (χ2n) is 4.59. The Morgan fingerprint density at radius 2 is 1.68 bits per heavy atom. The van der Waals surface area contributed by atoms with E-state index < -0.39 is 55.5 Å². The Balaban J connectivity index is 2.07. The molecule has 1 aromatic carbocycles. The maximum Gasteiger partial charge on any atom is 0.137 e. The summed E-state index contributed by atoms with van der Waals surface area (Å²) in [5, 5.41) is 18.4. The molecule has 2 heterocycles. The molecule has 0 saturated carbocycles. The number of hydrogen-bond acceptors (Lipinski definition) is 5. The molecule has 114 valence electrons. The van der Waals surface area contributed by atoms with E-state index in [4.69, 9.17) is 5.48 Å². The summed E-state index contributed by atoms with van der Waals surface area (Å²) in [4.78, 5) is 6.95. The van der Waals surface area contributed by atoms with Gasteiger partial charge in [0.15, 0.2) is 0 Å². The molecular formula is C13H12F2N6O. The molecule has 0 fully saturated rings. The lowest BCUT2D eigenvalue weighted by molar-refractivity contribution is -0.00855. The van der Waals surface area contributed by atoms with Gasteiger partial charge in [-0.1, -0.05) is 6.07 Å². The second kappa shape index (κ2) is 5.60. The zero-order chi connectivity index (χ0) is 19.1. The van der Waals surface area contributed by atoms with E-state index in [0.29, 0.717) is 6.07 Å². The standard InChI is InChI=1S/C13H12F2N6O/c14-10-1-2-11(12(15)3-10)13(22,4-20-8-16-6-18-20)5-21-9-17-7-19-21/h1-3,6-9,22H,4-5H2/i6D,7D,8D,9D. The fraction of sp³-hybridized carbons (Fsp3) is 0.231. The van der Waals surface area contributed by atoms with Crippen molar-refractivity contribution in [1.82, 2.24) is 29.5 Å². The van der Waals surface area contributed by atoms with Crippen LogP contribution in [0.15, 0.2) is 43.4 Å². The van der Waals surface area contributed by atoms with E-state index in [-0.39, 0.29) is 5.56 Å². The lowest BCUT2D eigenvalue weighted by Gasteiger charge is -2.28. The highest BCUT2D eigenvalue weighted by Crippen LogP contribution is 2.28. The second-order valence-corrected chi connectivity index (χ2v) is 4.59. The van der Waals surface area contributed by atoms with E-state index in [1.807, 2.05) is 0 Å².